The minimum atomic E-state index is 0.0245. The number of morpholine rings is 1. The lowest BCUT2D eigenvalue weighted by Crippen LogP contribution is -3.11. The summed E-state index contributed by atoms with van der Waals surface area (Å²) in [5, 5.41) is 19.0. The Morgan fingerprint density at radius 2 is 1.73 bits per heavy atom. The number of halogens is 1. The summed E-state index contributed by atoms with van der Waals surface area (Å²) < 4.78 is 5.12. The van der Waals surface area contributed by atoms with Crippen LogP contribution in [0.2, 0.25) is 5.02 Å². The predicted octanol–water partition coefficient (Wildman–Crippen LogP) is 1.16. The van der Waals surface area contributed by atoms with Crippen LogP contribution in [0.15, 0.2) is 29.3 Å². The standard InChI is InChI=1S/C13H7ClN4S.C5H11NO/c14-8-3-1-7(2-4-8)11-9(5-15)12(17)18-13(19)10(11)6-16;1-6-2-4-7-5-3-6/h1-4H,(H3,17,18,19);2-5H2,1H3. The summed E-state index contributed by atoms with van der Waals surface area (Å²) in [4.78, 5) is 5.43. The first-order valence-electron chi connectivity index (χ1n) is 7.93. The molecule has 0 amide bonds. The van der Waals surface area contributed by atoms with E-state index in [0.717, 1.165) is 13.2 Å². The van der Waals surface area contributed by atoms with Gasteiger partial charge in [-0.3, -0.25) is 4.98 Å². The van der Waals surface area contributed by atoms with Crippen LogP contribution in [-0.2, 0) is 17.4 Å². The number of nitriles is 2. The van der Waals surface area contributed by atoms with Crippen molar-refractivity contribution in [2.75, 3.05) is 39.1 Å². The number of benzene rings is 1. The Kier molecular flexibility index (Phi) is 7.14. The number of nitrogens with one attached hydrogen (secondary N) is 1. The molecular weight excluding hydrogens is 370 g/mol. The first kappa shape index (κ1) is 19.9. The van der Waals surface area contributed by atoms with E-state index in [1.165, 1.54) is 13.1 Å². The largest absolute Gasteiger partial charge is 0.759 e. The molecule has 0 aliphatic carbocycles. The Morgan fingerprint density at radius 1 is 1.15 bits per heavy atom. The molecule has 26 heavy (non-hydrogen) atoms. The Bertz CT molecular complexity index is 814. The smallest absolute Gasteiger partial charge is 0.140 e. The average molecular weight is 388 g/mol. The predicted molar refractivity (Wildman–Crippen MR) is 102 cm³/mol. The molecule has 0 unspecified atom stereocenters. The summed E-state index contributed by atoms with van der Waals surface area (Å²) in [5.74, 6) is 0.0245. The van der Waals surface area contributed by atoms with Crippen LogP contribution in [-0.4, -0.2) is 38.3 Å². The SMILES string of the molecule is C[NH+]1CCOCC1.N#Cc1c(N)nc([S-])c(C#N)c1-c1ccc(Cl)cc1. The lowest BCUT2D eigenvalue weighted by atomic mass is 9.97. The molecule has 8 heteroatoms. The van der Waals surface area contributed by atoms with Crippen LogP contribution in [0.3, 0.4) is 0 Å². The van der Waals surface area contributed by atoms with E-state index in [-0.39, 0.29) is 22.0 Å². The highest BCUT2D eigenvalue weighted by atomic mass is 35.5. The first-order valence-corrected chi connectivity index (χ1v) is 8.72. The van der Waals surface area contributed by atoms with E-state index in [1.807, 2.05) is 12.1 Å². The molecule has 1 saturated heterocycles. The van der Waals surface area contributed by atoms with Crippen LogP contribution in [0.4, 0.5) is 5.82 Å². The Morgan fingerprint density at radius 3 is 2.19 bits per heavy atom. The topological polar surface area (TPSA) is 100 Å². The minimum absolute atomic E-state index is 0.0245. The summed E-state index contributed by atoms with van der Waals surface area (Å²) in [7, 11) is 2.20. The normalized spacial score (nSPS) is 13.8. The maximum atomic E-state index is 9.19. The van der Waals surface area contributed by atoms with Gasteiger partial charge in [-0.05, 0) is 17.7 Å². The molecule has 3 N–H and O–H groups in total. The zero-order valence-electron chi connectivity index (χ0n) is 14.3. The number of hydrogen-bond acceptors (Lipinski definition) is 6. The third-order valence-electron chi connectivity index (χ3n) is 3.89. The molecule has 0 spiro atoms. The maximum absolute atomic E-state index is 9.19. The highest BCUT2D eigenvalue weighted by Crippen LogP contribution is 2.32. The number of ether oxygens (including phenoxy) is 1. The van der Waals surface area contributed by atoms with Crippen LogP contribution >= 0.6 is 11.6 Å². The molecule has 134 valence electrons. The quantitative estimate of drug-likeness (QED) is 0.712. The van der Waals surface area contributed by atoms with Crippen molar-refractivity contribution in [1.29, 1.82) is 10.5 Å². The second-order valence-corrected chi connectivity index (χ2v) is 6.55. The molecule has 1 aliphatic heterocycles. The Balaban J connectivity index is 0.000000290. The van der Waals surface area contributed by atoms with E-state index in [4.69, 9.17) is 34.7 Å². The van der Waals surface area contributed by atoms with Crippen molar-refractivity contribution >= 4 is 30.0 Å². The lowest BCUT2D eigenvalue weighted by molar-refractivity contribution is -0.888. The van der Waals surface area contributed by atoms with Crippen molar-refractivity contribution in [3.05, 3.63) is 40.4 Å². The van der Waals surface area contributed by atoms with E-state index in [9.17, 15) is 10.5 Å². The molecule has 3 rings (SSSR count). The lowest BCUT2D eigenvalue weighted by Gasteiger charge is -2.18. The molecule has 0 atom stereocenters. The van der Waals surface area contributed by atoms with Crippen molar-refractivity contribution in [3.8, 4) is 23.3 Å². The molecule has 0 saturated carbocycles. The highest BCUT2D eigenvalue weighted by molar-refractivity contribution is 7.58. The number of rotatable bonds is 1. The summed E-state index contributed by atoms with van der Waals surface area (Å²) in [5.41, 5.74) is 7.06. The zero-order valence-corrected chi connectivity index (χ0v) is 15.8. The number of hydrogen-bond donors (Lipinski definition) is 2. The second kappa shape index (κ2) is 9.33. The van der Waals surface area contributed by atoms with Gasteiger partial charge in [0, 0.05) is 10.6 Å². The van der Waals surface area contributed by atoms with Crippen LogP contribution in [0.1, 0.15) is 11.1 Å². The van der Waals surface area contributed by atoms with Crippen LogP contribution in [0.5, 0.6) is 0 Å². The number of nitrogens with two attached hydrogens (primary N) is 1. The number of pyridine rings is 1. The molecule has 1 aliphatic rings. The van der Waals surface area contributed by atoms with Gasteiger partial charge >= 0.3 is 0 Å². The molecule has 1 fully saturated rings. The van der Waals surface area contributed by atoms with Gasteiger partial charge in [0.1, 0.15) is 30.5 Å². The molecule has 6 nitrogen and oxygen atoms in total. The fraction of sp³-hybridized carbons (Fsp3) is 0.278. The number of quaternary nitrogens is 1. The number of aromatic nitrogens is 1. The molecule has 2 heterocycles. The van der Waals surface area contributed by atoms with Gasteiger partial charge < -0.3 is 28.0 Å². The summed E-state index contributed by atoms with van der Waals surface area (Å²) >= 11 is 10.8. The highest BCUT2D eigenvalue weighted by Gasteiger charge is 2.15. The van der Waals surface area contributed by atoms with Crippen molar-refractivity contribution in [3.63, 3.8) is 0 Å². The molecule has 0 radical (unpaired) electrons. The molecule has 1 aromatic heterocycles. The van der Waals surface area contributed by atoms with E-state index >= 15 is 0 Å². The minimum Gasteiger partial charge on any atom is -0.759 e. The van der Waals surface area contributed by atoms with Gasteiger partial charge in [0.25, 0.3) is 0 Å². The fourth-order valence-electron chi connectivity index (χ4n) is 2.42. The maximum Gasteiger partial charge on any atom is 0.140 e. The second-order valence-electron chi connectivity index (χ2n) is 5.73. The van der Waals surface area contributed by atoms with E-state index in [2.05, 4.69) is 12.0 Å². The number of likely N-dealkylation sites (N-methyl/N-ethyl adjacent to an activating group) is 1. The van der Waals surface area contributed by atoms with Gasteiger partial charge in [-0.1, -0.05) is 28.8 Å². The van der Waals surface area contributed by atoms with Crippen molar-refractivity contribution in [2.24, 2.45) is 0 Å². The Hall–Kier alpha value is -2.42. The first-order chi connectivity index (χ1) is 12.5. The van der Waals surface area contributed by atoms with Gasteiger partial charge in [0.2, 0.25) is 0 Å². The average Bonchev–Trinajstić information content (AvgIpc) is 2.63. The van der Waals surface area contributed by atoms with Crippen molar-refractivity contribution in [2.45, 2.75) is 5.03 Å². The van der Waals surface area contributed by atoms with E-state index in [0.29, 0.717) is 16.1 Å². The monoisotopic (exact) mass is 387 g/mol. The zero-order chi connectivity index (χ0) is 19.1. The fourth-order valence-corrected chi connectivity index (χ4v) is 2.80. The van der Waals surface area contributed by atoms with Crippen molar-refractivity contribution < 1.29 is 9.64 Å². The van der Waals surface area contributed by atoms with Gasteiger partial charge in [0.05, 0.1) is 31.9 Å². The van der Waals surface area contributed by atoms with E-state index < -0.39 is 0 Å². The summed E-state index contributed by atoms with van der Waals surface area (Å²) in [6, 6.07) is 10.7. The van der Waals surface area contributed by atoms with Gasteiger partial charge in [-0.2, -0.15) is 10.5 Å². The third kappa shape index (κ3) is 4.81. The van der Waals surface area contributed by atoms with Crippen LogP contribution in [0.25, 0.3) is 11.1 Å². The molecule has 2 aromatic rings. The van der Waals surface area contributed by atoms with Crippen LogP contribution in [0, 0.1) is 22.7 Å². The molecule has 0 bridgehead atoms. The summed E-state index contributed by atoms with van der Waals surface area (Å²) in [6.45, 7) is 4.26. The van der Waals surface area contributed by atoms with Gasteiger partial charge in [0.15, 0.2) is 0 Å². The van der Waals surface area contributed by atoms with Gasteiger partial charge in [-0.25, -0.2) is 0 Å². The number of nitrogens with zero attached hydrogens (tertiary/aromatic N) is 3. The van der Waals surface area contributed by atoms with Gasteiger partial charge in [-0.15, -0.1) is 0 Å². The molecular formula is C18H18ClN5OS. The van der Waals surface area contributed by atoms with Crippen molar-refractivity contribution in [1.82, 2.24) is 4.98 Å². The Labute approximate surface area is 163 Å². The third-order valence-corrected chi connectivity index (χ3v) is 4.44. The summed E-state index contributed by atoms with van der Waals surface area (Å²) in [6.07, 6.45) is 0. The van der Waals surface area contributed by atoms with Crippen LogP contribution < -0.4 is 10.6 Å². The molecule has 1 aromatic carbocycles. The number of anilines is 1. The number of nitrogen functional groups attached to an aromatic ring is 1. The van der Waals surface area contributed by atoms with E-state index in [1.54, 1.807) is 29.2 Å².